The monoisotopic (exact) mass is 326 g/mol. The van der Waals surface area contributed by atoms with E-state index in [0.717, 1.165) is 41.9 Å². The number of aromatic nitrogens is 3. The molecule has 1 aliphatic rings. The van der Waals surface area contributed by atoms with E-state index >= 15 is 0 Å². The van der Waals surface area contributed by atoms with Crippen LogP contribution in [0.15, 0.2) is 40.2 Å². The summed E-state index contributed by atoms with van der Waals surface area (Å²) in [6, 6.07) is 10.2. The maximum atomic E-state index is 6.37. The quantitative estimate of drug-likeness (QED) is 0.794. The Morgan fingerprint density at radius 1 is 1.13 bits per heavy atom. The summed E-state index contributed by atoms with van der Waals surface area (Å²) in [5.41, 5.74) is 8.04. The van der Waals surface area contributed by atoms with E-state index in [1.807, 2.05) is 23.6 Å². The summed E-state index contributed by atoms with van der Waals surface area (Å²) < 4.78 is 5.38. The van der Waals surface area contributed by atoms with Crippen LogP contribution in [-0.2, 0) is 12.0 Å². The van der Waals surface area contributed by atoms with Crippen LogP contribution in [0.1, 0.15) is 43.1 Å². The maximum Gasteiger partial charge on any atom is 0.232 e. The average Bonchev–Trinajstić information content (AvgIpc) is 3.30. The van der Waals surface area contributed by atoms with Gasteiger partial charge in [0.2, 0.25) is 5.89 Å². The van der Waals surface area contributed by atoms with Gasteiger partial charge in [-0.3, -0.25) is 0 Å². The van der Waals surface area contributed by atoms with Gasteiger partial charge < -0.3 is 10.3 Å². The van der Waals surface area contributed by atoms with E-state index in [1.165, 1.54) is 0 Å². The molecule has 23 heavy (non-hydrogen) atoms. The van der Waals surface area contributed by atoms with Crippen molar-refractivity contribution >= 4 is 11.3 Å². The largest absolute Gasteiger partial charge is 0.339 e. The van der Waals surface area contributed by atoms with Gasteiger partial charge in [-0.1, -0.05) is 48.3 Å². The van der Waals surface area contributed by atoms with E-state index in [0.29, 0.717) is 18.1 Å². The lowest BCUT2D eigenvalue weighted by atomic mass is 9.99. The first kappa shape index (κ1) is 14.5. The van der Waals surface area contributed by atoms with E-state index < -0.39 is 5.54 Å². The van der Waals surface area contributed by atoms with Crippen LogP contribution < -0.4 is 5.73 Å². The van der Waals surface area contributed by atoms with E-state index in [1.54, 1.807) is 11.3 Å². The van der Waals surface area contributed by atoms with Crippen molar-refractivity contribution in [3.8, 4) is 10.6 Å². The molecule has 1 saturated carbocycles. The van der Waals surface area contributed by atoms with E-state index in [4.69, 9.17) is 10.3 Å². The Labute approximate surface area is 138 Å². The summed E-state index contributed by atoms with van der Waals surface area (Å²) in [7, 11) is 0. The molecule has 0 saturated heterocycles. The van der Waals surface area contributed by atoms with Crippen molar-refractivity contribution in [3.63, 3.8) is 0 Å². The standard InChI is InChI=1S/C17H18N4OS/c18-17(8-4-5-9-17)16-20-14(22-21-16)10-13-11-23-15(19-13)12-6-2-1-3-7-12/h1-3,6-7,11H,4-5,8-10,18H2. The molecule has 0 bridgehead atoms. The lowest BCUT2D eigenvalue weighted by Crippen LogP contribution is -2.34. The highest BCUT2D eigenvalue weighted by Crippen LogP contribution is 2.34. The molecule has 2 aromatic heterocycles. The van der Waals surface area contributed by atoms with Gasteiger partial charge in [-0.15, -0.1) is 11.3 Å². The Bertz CT molecular complexity index is 790. The van der Waals surface area contributed by atoms with Crippen molar-refractivity contribution in [1.29, 1.82) is 0 Å². The number of thiazole rings is 1. The Kier molecular flexibility index (Phi) is 3.71. The summed E-state index contributed by atoms with van der Waals surface area (Å²) in [6.45, 7) is 0. The lowest BCUT2D eigenvalue weighted by molar-refractivity contribution is 0.352. The zero-order valence-corrected chi connectivity index (χ0v) is 13.6. The van der Waals surface area contributed by atoms with Crippen LogP contribution in [0.4, 0.5) is 0 Å². The van der Waals surface area contributed by atoms with Crippen LogP contribution in [0.5, 0.6) is 0 Å². The second kappa shape index (κ2) is 5.86. The Morgan fingerprint density at radius 3 is 2.70 bits per heavy atom. The number of hydrogen-bond acceptors (Lipinski definition) is 6. The molecule has 1 fully saturated rings. The molecular weight excluding hydrogens is 308 g/mol. The molecule has 0 amide bonds. The van der Waals surface area contributed by atoms with Crippen molar-refractivity contribution in [1.82, 2.24) is 15.1 Å². The maximum absolute atomic E-state index is 6.37. The summed E-state index contributed by atoms with van der Waals surface area (Å²) in [5.74, 6) is 1.23. The highest BCUT2D eigenvalue weighted by molar-refractivity contribution is 7.13. The third kappa shape index (κ3) is 2.92. The van der Waals surface area contributed by atoms with E-state index in [9.17, 15) is 0 Å². The van der Waals surface area contributed by atoms with Crippen molar-refractivity contribution in [3.05, 3.63) is 53.1 Å². The summed E-state index contributed by atoms with van der Waals surface area (Å²) in [6.07, 6.45) is 4.67. The lowest BCUT2D eigenvalue weighted by Gasteiger charge is -2.17. The number of benzene rings is 1. The Balaban J connectivity index is 1.51. The van der Waals surface area contributed by atoms with Crippen LogP contribution in [-0.4, -0.2) is 15.1 Å². The first-order chi connectivity index (χ1) is 11.2. The average molecular weight is 326 g/mol. The molecule has 4 rings (SSSR count). The second-order valence-corrected chi connectivity index (χ2v) is 6.92. The molecule has 1 aliphatic carbocycles. The molecule has 0 atom stereocenters. The molecule has 0 aliphatic heterocycles. The third-order valence-electron chi connectivity index (χ3n) is 4.31. The van der Waals surface area contributed by atoms with Crippen LogP contribution in [0.3, 0.4) is 0 Å². The van der Waals surface area contributed by atoms with Gasteiger partial charge in [0.1, 0.15) is 5.01 Å². The number of hydrogen-bond donors (Lipinski definition) is 1. The second-order valence-electron chi connectivity index (χ2n) is 6.06. The molecule has 2 N–H and O–H groups in total. The topological polar surface area (TPSA) is 77.8 Å². The normalized spacial score (nSPS) is 16.7. The molecule has 1 aromatic carbocycles. The number of rotatable bonds is 4. The summed E-state index contributed by atoms with van der Waals surface area (Å²) in [5, 5.41) is 7.14. The van der Waals surface area contributed by atoms with Crippen molar-refractivity contribution in [2.75, 3.05) is 0 Å². The van der Waals surface area contributed by atoms with Crippen LogP contribution in [0, 0.1) is 0 Å². The van der Waals surface area contributed by atoms with E-state index in [2.05, 4.69) is 27.3 Å². The third-order valence-corrected chi connectivity index (χ3v) is 5.25. The minimum Gasteiger partial charge on any atom is -0.339 e. The zero-order chi connectivity index (χ0) is 15.7. The first-order valence-corrected chi connectivity index (χ1v) is 8.73. The fourth-order valence-electron chi connectivity index (χ4n) is 3.01. The van der Waals surface area contributed by atoms with Gasteiger partial charge in [-0.25, -0.2) is 4.98 Å². The minimum absolute atomic E-state index is 0.404. The molecule has 3 aromatic rings. The SMILES string of the molecule is NC1(c2noc(Cc3csc(-c4ccccc4)n3)n2)CCCC1. The van der Waals surface area contributed by atoms with Crippen LogP contribution in [0.25, 0.3) is 10.6 Å². The van der Waals surface area contributed by atoms with Gasteiger partial charge in [-0.05, 0) is 12.8 Å². The Morgan fingerprint density at radius 2 is 1.91 bits per heavy atom. The zero-order valence-electron chi connectivity index (χ0n) is 12.7. The van der Waals surface area contributed by atoms with Crippen molar-refractivity contribution in [2.24, 2.45) is 5.73 Å². The van der Waals surface area contributed by atoms with Gasteiger partial charge >= 0.3 is 0 Å². The molecule has 2 heterocycles. The van der Waals surface area contributed by atoms with Gasteiger partial charge in [0.05, 0.1) is 17.7 Å². The predicted molar refractivity (Wildman–Crippen MR) is 89.0 cm³/mol. The molecule has 6 heteroatoms. The predicted octanol–water partition coefficient (Wildman–Crippen LogP) is 3.51. The van der Waals surface area contributed by atoms with Gasteiger partial charge in [0, 0.05) is 10.9 Å². The van der Waals surface area contributed by atoms with Gasteiger partial charge in [0.25, 0.3) is 0 Å². The molecule has 0 spiro atoms. The highest BCUT2D eigenvalue weighted by Gasteiger charge is 2.35. The molecule has 0 radical (unpaired) electrons. The fraction of sp³-hybridized carbons (Fsp3) is 0.353. The number of nitrogens with zero attached hydrogens (tertiary/aromatic N) is 3. The summed E-state index contributed by atoms with van der Waals surface area (Å²) in [4.78, 5) is 9.16. The fourth-order valence-corrected chi connectivity index (χ4v) is 3.84. The van der Waals surface area contributed by atoms with Gasteiger partial charge in [-0.2, -0.15) is 4.98 Å². The first-order valence-electron chi connectivity index (χ1n) is 7.85. The van der Waals surface area contributed by atoms with Crippen LogP contribution >= 0.6 is 11.3 Å². The minimum atomic E-state index is -0.404. The van der Waals surface area contributed by atoms with E-state index in [-0.39, 0.29) is 0 Å². The summed E-state index contributed by atoms with van der Waals surface area (Å²) >= 11 is 1.63. The number of nitrogens with two attached hydrogens (primary N) is 1. The molecule has 118 valence electrons. The Hall–Kier alpha value is -2.05. The van der Waals surface area contributed by atoms with Crippen molar-refractivity contribution < 1.29 is 4.52 Å². The molecule has 0 unspecified atom stereocenters. The van der Waals surface area contributed by atoms with Crippen molar-refractivity contribution in [2.45, 2.75) is 37.6 Å². The van der Waals surface area contributed by atoms with Crippen LogP contribution in [0.2, 0.25) is 0 Å². The van der Waals surface area contributed by atoms with Gasteiger partial charge in [0.15, 0.2) is 5.82 Å². The molecular formula is C17H18N4OS. The molecule has 5 nitrogen and oxygen atoms in total. The smallest absolute Gasteiger partial charge is 0.232 e. The highest BCUT2D eigenvalue weighted by atomic mass is 32.1.